The summed E-state index contributed by atoms with van der Waals surface area (Å²) in [5, 5.41) is 3.82. The Kier molecular flexibility index (Phi) is 8.69. The molecule has 0 saturated carbocycles. The molecule has 6 aromatic rings. The van der Waals surface area contributed by atoms with Crippen molar-refractivity contribution in [1.82, 2.24) is 5.32 Å². The lowest BCUT2D eigenvalue weighted by Gasteiger charge is -2.30. The van der Waals surface area contributed by atoms with Crippen molar-refractivity contribution in [3.63, 3.8) is 0 Å². The molecule has 1 aliphatic carbocycles. The third-order valence-electron chi connectivity index (χ3n) is 11.5. The molecule has 0 fully saturated rings. The molecule has 0 aromatic heterocycles. The molecular weight excluding hydrogens is 681 g/mol. The third-order valence-corrected chi connectivity index (χ3v) is 11.5. The fraction of sp³-hybridized carbons (Fsp3) is 0.0943. The van der Waals surface area contributed by atoms with Gasteiger partial charge in [0.15, 0.2) is 0 Å². The monoisotopic (exact) mass is 722 g/mol. The normalized spacial score (nSPS) is 21.3. The van der Waals surface area contributed by atoms with Crippen LogP contribution in [-0.2, 0) is 0 Å². The first-order chi connectivity index (χ1) is 27.7. The number of para-hydroxylation sites is 2. The van der Waals surface area contributed by atoms with Crippen LogP contribution in [0.25, 0.3) is 28.0 Å². The SMILES string of the molecule is C=C1CC(c2ccccc2C2=CC(c3ccccc3)NC(c3ccccc3)=C2)/C=C\N(c2cccc(-c3cccc4c3OC3C=CC=CC43)c2)c2ccccc21. The van der Waals surface area contributed by atoms with E-state index in [1.54, 1.807) is 0 Å². The summed E-state index contributed by atoms with van der Waals surface area (Å²) in [6, 6.07) is 54.3. The molecule has 3 aliphatic heterocycles. The highest BCUT2D eigenvalue weighted by molar-refractivity contribution is 5.88. The average molecular weight is 723 g/mol. The van der Waals surface area contributed by atoms with Gasteiger partial charge in [-0.3, -0.25) is 0 Å². The zero-order valence-corrected chi connectivity index (χ0v) is 31.1. The summed E-state index contributed by atoms with van der Waals surface area (Å²) in [5.74, 6) is 1.32. The standard InChI is InChI=1S/C53H42N2O/c1-36-32-40(44-23-8-9-24-45(44)41-34-49(37-16-4-2-5-17-37)54-50(35-41)38-18-6-3-7-19-38)30-31-55(51-28-12-10-22-43(36)51)42-21-14-20-39(33-42)46-26-15-27-48-47-25-11-13-29-52(47)56-53(46)48/h2-31,33-35,40,47,49,52,54H,1,32H2/b31-30-. The second-order valence-electron chi connectivity index (χ2n) is 15.0. The van der Waals surface area contributed by atoms with E-state index in [4.69, 9.17) is 11.3 Å². The summed E-state index contributed by atoms with van der Waals surface area (Å²) in [6.45, 7) is 4.72. The van der Waals surface area contributed by atoms with Crippen LogP contribution in [0.15, 0.2) is 207 Å². The van der Waals surface area contributed by atoms with Crippen LogP contribution in [-0.4, -0.2) is 6.10 Å². The first kappa shape index (κ1) is 33.7. The van der Waals surface area contributed by atoms with Crippen molar-refractivity contribution in [1.29, 1.82) is 0 Å². The first-order valence-electron chi connectivity index (χ1n) is 19.6. The van der Waals surface area contributed by atoms with Crippen LogP contribution in [0.1, 0.15) is 57.7 Å². The van der Waals surface area contributed by atoms with Crippen LogP contribution in [0.4, 0.5) is 11.4 Å². The van der Waals surface area contributed by atoms with E-state index in [0.29, 0.717) is 0 Å². The highest BCUT2D eigenvalue weighted by Crippen LogP contribution is 2.48. The van der Waals surface area contributed by atoms with Gasteiger partial charge in [-0.05, 0) is 81.8 Å². The minimum Gasteiger partial charge on any atom is -0.484 e. The van der Waals surface area contributed by atoms with Crippen molar-refractivity contribution in [2.24, 2.45) is 0 Å². The number of anilines is 2. The molecular formula is C53H42N2O. The van der Waals surface area contributed by atoms with Crippen LogP contribution in [0.2, 0.25) is 0 Å². The van der Waals surface area contributed by atoms with E-state index < -0.39 is 0 Å². The highest BCUT2D eigenvalue weighted by atomic mass is 16.5. The minimum absolute atomic E-state index is 0.0326. The number of ether oxygens (including phenoxy) is 1. The third kappa shape index (κ3) is 6.21. The maximum atomic E-state index is 6.59. The quantitative estimate of drug-likeness (QED) is 0.185. The molecule has 3 heterocycles. The molecule has 3 nitrogen and oxygen atoms in total. The second kappa shape index (κ2) is 14.4. The molecule has 0 amide bonds. The predicted molar refractivity (Wildman–Crippen MR) is 233 cm³/mol. The molecule has 3 heteroatoms. The predicted octanol–water partition coefficient (Wildman–Crippen LogP) is 12.9. The largest absolute Gasteiger partial charge is 0.484 e. The molecule has 0 saturated heterocycles. The summed E-state index contributed by atoms with van der Waals surface area (Å²) < 4.78 is 6.59. The molecule has 6 aromatic carbocycles. The fourth-order valence-electron chi connectivity index (χ4n) is 8.76. The van der Waals surface area contributed by atoms with Crippen molar-refractivity contribution in [2.45, 2.75) is 30.4 Å². The molecule has 4 atom stereocenters. The van der Waals surface area contributed by atoms with Crippen molar-refractivity contribution in [2.75, 3.05) is 4.90 Å². The number of rotatable bonds is 6. The number of benzene rings is 6. The smallest absolute Gasteiger partial charge is 0.132 e. The van der Waals surface area contributed by atoms with Gasteiger partial charge in [0.1, 0.15) is 11.9 Å². The number of hydrogen-bond donors (Lipinski definition) is 1. The van der Waals surface area contributed by atoms with Gasteiger partial charge in [-0.25, -0.2) is 0 Å². The van der Waals surface area contributed by atoms with Gasteiger partial charge in [0.25, 0.3) is 0 Å². The van der Waals surface area contributed by atoms with Gasteiger partial charge in [-0.2, -0.15) is 0 Å². The van der Waals surface area contributed by atoms with E-state index in [1.807, 2.05) is 0 Å². The van der Waals surface area contributed by atoms with Gasteiger partial charge in [0.2, 0.25) is 0 Å². The van der Waals surface area contributed by atoms with E-state index in [1.165, 1.54) is 33.4 Å². The molecule has 0 spiro atoms. The Labute approximate surface area is 329 Å². The summed E-state index contributed by atoms with van der Waals surface area (Å²) in [6.07, 6.45) is 18.8. The van der Waals surface area contributed by atoms with E-state index in [0.717, 1.165) is 51.5 Å². The topological polar surface area (TPSA) is 24.5 Å². The number of nitrogens with zero attached hydrogens (tertiary/aromatic N) is 1. The van der Waals surface area contributed by atoms with E-state index in [2.05, 4.69) is 211 Å². The van der Waals surface area contributed by atoms with E-state index in [-0.39, 0.29) is 24.0 Å². The first-order valence-corrected chi connectivity index (χ1v) is 19.6. The molecule has 4 unspecified atom stereocenters. The maximum Gasteiger partial charge on any atom is 0.132 e. The lowest BCUT2D eigenvalue weighted by molar-refractivity contribution is 0.270. The van der Waals surface area contributed by atoms with E-state index in [9.17, 15) is 0 Å². The number of dihydropyridines is 1. The Hall–Kier alpha value is -6.84. The lowest BCUT2D eigenvalue weighted by Crippen LogP contribution is -2.22. The summed E-state index contributed by atoms with van der Waals surface area (Å²) >= 11 is 0. The molecule has 4 aliphatic rings. The number of allylic oxidation sites excluding steroid dienone is 6. The Bertz CT molecular complexity index is 2610. The van der Waals surface area contributed by atoms with E-state index >= 15 is 0 Å². The number of fused-ring (bicyclic) bond motifs is 4. The van der Waals surface area contributed by atoms with Gasteiger partial charge >= 0.3 is 0 Å². The van der Waals surface area contributed by atoms with Crippen molar-refractivity contribution < 1.29 is 4.74 Å². The van der Waals surface area contributed by atoms with Crippen LogP contribution in [0.3, 0.4) is 0 Å². The van der Waals surface area contributed by atoms with Crippen LogP contribution < -0.4 is 15.0 Å². The minimum atomic E-state index is 0.0326. The summed E-state index contributed by atoms with van der Waals surface area (Å²) in [4.78, 5) is 2.33. The maximum absolute atomic E-state index is 6.59. The Morgan fingerprint density at radius 1 is 0.625 bits per heavy atom. The Balaban J connectivity index is 1.05. The van der Waals surface area contributed by atoms with Crippen LogP contribution in [0.5, 0.6) is 5.75 Å². The van der Waals surface area contributed by atoms with Gasteiger partial charge in [0.05, 0.1) is 11.7 Å². The molecule has 0 radical (unpaired) electrons. The van der Waals surface area contributed by atoms with Crippen molar-refractivity contribution in [3.05, 3.63) is 240 Å². The van der Waals surface area contributed by atoms with Crippen molar-refractivity contribution in [3.8, 4) is 16.9 Å². The van der Waals surface area contributed by atoms with Gasteiger partial charge < -0.3 is 15.0 Å². The highest BCUT2D eigenvalue weighted by Gasteiger charge is 2.34. The number of hydrogen-bond acceptors (Lipinski definition) is 3. The number of nitrogens with one attached hydrogen (secondary N) is 1. The van der Waals surface area contributed by atoms with Crippen LogP contribution >= 0.6 is 0 Å². The average Bonchev–Trinajstić information content (AvgIpc) is 3.65. The molecule has 56 heavy (non-hydrogen) atoms. The fourth-order valence-corrected chi connectivity index (χ4v) is 8.76. The zero-order valence-electron chi connectivity index (χ0n) is 31.1. The second-order valence-corrected chi connectivity index (χ2v) is 15.0. The summed E-state index contributed by atoms with van der Waals surface area (Å²) in [5.41, 5.74) is 15.2. The molecule has 10 rings (SSSR count). The Morgan fingerprint density at radius 3 is 2.20 bits per heavy atom. The van der Waals surface area contributed by atoms with Crippen LogP contribution in [0, 0.1) is 0 Å². The molecule has 270 valence electrons. The summed E-state index contributed by atoms with van der Waals surface area (Å²) in [7, 11) is 0. The zero-order chi connectivity index (χ0) is 37.4. The van der Waals surface area contributed by atoms with Gasteiger partial charge in [0, 0.05) is 46.1 Å². The molecule has 1 N–H and O–H groups in total. The van der Waals surface area contributed by atoms with Gasteiger partial charge in [-0.1, -0.05) is 164 Å². The van der Waals surface area contributed by atoms with Crippen molar-refractivity contribution >= 4 is 28.2 Å². The molecule has 0 bridgehead atoms. The van der Waals surface area contributed by atoms with Gasteiger partial charge in [-0.15, -0.1) is 0 Å². The lowest BCUT2D eigenvalue weighted by atomic mass is 9.82. The Morgan fingerprint density at radius 2 is 1.32 bits per heavy atom.